The highest BCUT2D eigenvalue weighted by Crippen LogP contribution is 2.33. The van der Waals surface area contributed by atoms with Crippen LogP contribution in [0.5, 0.6) is 0 Å². The van der Waals surface area contributed by atoms with Crippen LogP contribution >= 0.6 is 59.4 Å². The summed E-state index contributed by atoms with van der Waals surface area (Å²) in [5.74, 6) is 2.11. The molecule has 79 valence electrons. The molecule has 0 heterocycles. The molecule has 0 rings (SSSR count). The van der Waals surface area contributed by atoms with Crippen LogP contribution in [0.25, 0.3) is 0 Å². The maximum Gasteiger partial charge on any atom is 0.0286 e. The lowest BCUT2D eigenvalue weighted by Gasteiger charge is -2.28. The highest BCUT2D eigenvalue weighted by Gasteiger charge is 2.25. The monoisotopic (exact) mass is 395 g/mol. The lowest BCUT2D eigenvalue weighted by molar-refractivity contribution is 0.408. The Labute approximate surface area is 112 Å². The molecule has 0 nitrogen and oxygen atoms in total. The summed E-state index contributed by atoms with van der Waals surface area (Å²) in [5.41, 5.74) is 0.298. The van der Waals surface area contributed by atoms with E-state index in [4.69, 9.17) is 11.6 Å². The zero-order valence-corrected chi connectivity index (χ0v) is 13.3. The molecule has 0 aromatic rings. The fourth-order valence-electron chi connectivity index (χ4n) is 1.07. The quantitative estimate of drug-likeness (QED) is 0.542. The molecule has 0 spiro atoms. The Kier molecular flexibility index (Phi) is 9.01. The summed E-state index contributed by atoms with van der Waals surface area (Å²) in [6.07, 6.45) is 2.18. The van der Waals surface area contributed by atoms with E-state index in [1.807, 2.05) is 0 Å². The Morgan fingerprint density at radius 3 is 2.08 bits per heavy atom. The van der Waals surface area contributed by atoms with Gasteiger partial charge >= 0.3 is 0 Å². The molecule has 0 N–H and O–H groups in total. The molecule has 0 saturated carbocycles. The second-order valence-electron chi connectivity index (χ2n) is 3.58. The first-order valence-electron chi connectivity index (χ1n) is 4.19. The molecule has 0 atom stereocenters. The number of hydrogen-bond donors (Lipinski definition) is 0. The van der Waals surface area contributed by atoms with E-state index < -0.39 is 0 Å². The van der Waals surface area contributed by atoms with Gasteiger partial charge in [0, 0.05) is 21.9 Å². The van der Waals surface area contributed by atoms with E-state index in [2.05, 4.69) is 54.7 Å². The average Bonchev–Trinajstić information content (AvgIpc) is 2.17. The molecular weight excluding hydrogens is 383 g/mol. The van der Waals surface area contributed by atoms with Crippen molar-refractivity contribution in [2.75, 3.05) is 21.9 Å². The van der Waals surface area contributed by atoms with E-state index in [0.717, 1.165) is 28.8 Å². The number of hydrogen-bond acceptors (Lipinski definition) is 0. The van der Waals surface area contributed by atoms with Gasteiger partial charge in [0.1, 0.15) is 0 Å². The van der Waals surface area contributed by atoms with E-state index >= 15 is 0 Å². The zero-order valence-electron chi connectivity index (χ0n) is 7.75. The lowest BCUT2D eigenvalue weighted by atomic mass is 9.84. The Balaban J connectivity index is 4.02. The van der Waals surface area contributed by atoms with Crippen molar-refractivity contribution < 1.29 is 0 Å². The maximum atomic E-state index is 5.88. The van der Waals surface area contributed by atoms with Gasteiger partial charge in [-0.25, -0.2) is 0 Å². The predicted molar refractivity (Wildman–Crippen MR) is 72.7 cm³/mol. The van der Waals surface area contributed by atoms with Crippen molar-refractivity contribution in [3.63, 3.8) is 0 Å². The smallest absolute Gasteiger partial charge is 0.0286 e. The number of rotatable bonds is 7. The Morgan fingerprint density at radius 1 is 1.23 bits per heavy atom. The third-order valence-corrected chi connectivity index (χ3v) is 5.44. The molecule has 0 saturated heterocycles. The fraction of sp³-hybridized carbons (Fsp3) is 0.889. The summed E-state index contributed by atoms with van der Waals surface area (Å²) >= 11 is 16.4. The van der Waals surface area contributed by atoms with Crippen molar-refractivity contribution in [1.82, 2.24) is 0 Å². The van der Waals surface area contributed by atoms with Crippen LogP contribution < -0.4 is 0 Å². The largest absolute Gasteiger partial charge is 0.126 e. The topological polar surface area (TPSA) is 0 Å². The van der Waals surface area contributed by atoms with Crippen LogP contribution in [-0.2, 0) is 0 Å². The van der Waals surface area contributed by atoms with Crippen LogP contribution in [0.3, 0.4) is 0 Å². The van der Waals surface area contributed by atoms with Gasteiger partial charge in [0.15, 0.2) is 0 Å². The second-order valence-corrected chi connectivity index (χ2v) is 5.76. The van der Waals surface area contributed by atoms with E-state index in [1.54, 1.807) is 0 Å². The zero-order chi connectivity index (χ0) is 10.3. The summed E-state index contributed by atoms with van der Waals surface area (Å²) in [7, 11) is 0. The highest BCUT2D eigenvalue weighted by molar-refractivity contribution is 9.10. The first-order chi connectivity index (χ1) is 6.11. The van der Waals surface area contributed by atoms with Gasteiger partial charge in [-0.2, -0.15) is 0 Å². The van der Waals surface area contributed by atoms with Gasteiger partial charge in [-0.15, -0.1) is 11.6 Å². The molecule has 0 bridgehead atoms. The molecule has 0 fully saturated rings. The summed E-state index contributed by atoms with van der Waals surface area (Å²) in [6, 6.07) is 0. The molecule has 0 unspecified atom stereocenters. The van der Waals surface area contributed by atoms with Crippen LogP contribution in [0.15, 0.2) is 0 Å². The molecule has 1 radical (unpaired) electrons. The molecule has 0 aliphatic carbocycles. The number of halogens is 4. The molecule has 0 amide bonds. The van der Waals surface area contributed by atoms with Crippen molar-refractivity contribution in [3.05, 3.63) is 5.92 Å². The normalized spacial score (nSPS) is 12.5. The van der Waals surface area contributed by atoms with Crippen LogP contribution in [0.1, 0.15) is 19.8 Å². The third-order valence-electron chi connectivity index (χ3n) is 1.96. The minimum absolute atomic E-state index is 0.298. The minimum atomic E-state index is 0.298. The molecule has 4 heteroatoms. The minimum Gasteiger partial charge on any atom is -0.126 e. The molecule has 0 aliphatic heterocycles. The van der Waals surface area contributed by atoms with Crippen molar-refractivity contribution in [2.45, 2.75) is 19.8 Å². The second kappa shape index (κ2) is 7.95. The van der Waals surface area contributed by atoms with Gasteiger partial charge in [-0.3, -0.25) is 0 Å². The number of alkyl halides is 4. The molecule has 0 aromatic heterocycles. The molecular formula is C9H15Br3Cl. The van der Waals surface area contributed by atoms with Crippen LogP contribution in [0, 0.1) is 11.3 Å². The SMILES string of the molecule is CC(CBr)(CBr)C[C](CCl)CCBr. The van der Waals surface area contributed by atoms with Crippen molar-refractivity contribution in [2.24, 2.45) is 5.41 Å². The Hall–Kier alpha value is 1.73. The van der Waals surface area contributed by atoms with E-state index in [9.17, 15) is 0 Å². The fourth-order valence-corrected chi connectivity index (χ4v) is 3.18. The first kappa shape index (κ1) is 14.7. The van der Waals surface area contributed by atoms with Gasteiger partial charge in [-0.05, 0) is 24.2 Å². The average molecular weight is 398 g/mol. The molecule has 0 aromatic carbocycles. The van der Waals surface area contributed by atoms with Gasteiger partial charge in [0.2, 0.25) is 0 Å². The van der Waals surface area contributed by atoms with Crippen LogP contribution in [0.4, 0.5) is 0 Å². The van der Waals surface area contributed by atoms with Crippen LogP contribution in [0.2, 0.25) is 0 Å². The Bertz CT molecular complexity index is 126. The third kappa shape index (κ3) is 6.01. The maximum absolute atomic E-state index is 5.88. The summed E-state index contributed by atoms with van der Waals surface area (Å²) < 4.78 is 0. The van der Waals surface area contributed by atoms with Crippen molar-refractivity contribution in [3.8, 4) is 0 Å². The highest BCUT2D eigenvalue weighted by atomic mass is 79.9. The molecule has 0 aliphatic rings. The first-order valence-corrected chi connectivity index (χ1v) is 8.09. The van der Waals surface area contributed by atoms with Gasteiger partial charge in [0.05, 0.1) is 0 Å². The van der Waals surface area contributed by atoms with Gasteiger partial charge < -0.3 is 0 Å². The summed E-state index contributed by atoms with van der Waals surface area (Å²) in [6.45, 7) is 2.26. The summed E-state index contributed by atoms with van der Waals surface area (Å²) in [5, 5.41) is 3.03. The van der Waals surface area contributed by atoms with E-state index in [-0.39, 0.29) is 0 Å². The van der Waals surface area contributed by atoms with Gasteiger partial charge in [-0.1, -0.05) is 54.7 Å². The van der Waals surface area contributed by atoms with Crippen molar-refractivity contribution in [1.29, 1.82) is 0 Å². The standard InChI is InChI=1S/C9H15Br3Cl/c1-9(6-11,7-12)4-8(5-13)2-3-10/h2-7H2,1H3. The van der Waals surface area contributed by atoms with Crippen molar-refractivity contribution >= 4 is 59.4 Å². The van der Waals surface area contributed by atoms with E-state index in [1.165, 1.54) is 5.92 Å². The van der Waals surface area contributed by atoms with Crippen LogP contribution in [-0.4, -0.2) is 21.9 Å². The summed E-state index contributed by atoms with van der Waals surface area (Å²) in [4.78, 5) is 0. The van der Waals surface area contributed by atoms with Gasteiger partial charge in [0.25, 0.3) is 0 Å². The predicted octanol–water partition coefficient (Wildman–Crippen LogP) is 4.77. The van der Waals surface area contributed by atoms with E-state index in [0.29, 0.717) is 11.3 Å². The molecule has 13 heavy (non-hydrogen) atoms. The Morgan fingerprint density at radius 2 is 1.77 bits per heavy atom. The lowest BCUT2D eigenvalue weighted by Crippen LogP contribution is -2.24.